The van der Waals surface area contributed by atoms with E-state index in [1.165, 1.54) is 5.56 Å². The van der Waals surface area contributed by atoms with Crippen LogP contribution in [0.1, 0.15) is 24.3 Å². The summed E-state index contributed by atoms with van der Waals surface area (Å²) < 4.78 is 0. The molecule has 0 spiro atoms. The molecule has 0 aliphatic carbocycles. The van der Waals surface area contributed by atoms with Crippen molar-refractivity contribution in [1.82, 2.24) is 10.3 Å². The number of rotatable bonds is 3. The molecule has 3 nitrogen and oxygen atoms in total. The Morgan fingerprint density at radius 1 is 1.47 bits per heavy atom. The number of pyridine rings is 1. The highest BCUT2D eigenvalue weighted by molar-refractivity contribution is 5.16. The Morgan fingerprint density at radius 2 is 2.27 bits per heavy atom. The van der Waals surface area contributed by atoms with Gasteiger partial charge in [-0.2, -0.15) is 0 Å². The van der Waals surface area contributed by atoms with Crippen LogP contribution in [0.3, 0.4) is 0 Å². The Labute approximate surface area is 90.5 Å². The average Bonchev–Trinajstić information content (AvgIpc) is 2.33. The second-order valence-corrected chi connectivity index (χ2v) is 4.16. The molecule has 0 radical (unpaired) electrons. The van der Waals surface area contributed by atoms with E-state index in [1.807, 2.05) is 12.3 Å². The lowest BCUT2D eigenvalue weighted by molar-refractivity contribution is 0.201. The van der Waals surface area contributed by atoms with Crippen molar-refractivity contribution < 1.29 is 5.11 Å². The van der Waals surface area contributed by atoms with Gasteiger partial charge in [-0.15, -0.1) is 0 Å². The van der Waals surface area contributed by atoms with Crippen LogP contribution in [-0.2, 0) is 0 Å². The third kappa shape index (κ3) is 2.55. The van der Waals surface area contributed by atoms with Gasteiger partial charge in [-0.05, 0) is 43.5 Å². The standard InChI is InChI=1S/C12H18N2O/c15-9-12(10-3-6-13-7-4-10)11-2-1-5-14-8-11/h1-2,5,8,10,12-13,15H,3-4,6-7,9H2. The average molecular weight is 206 g/mol. The van der Waals surface area contributed by atoms with Crippen molar-refractivity contribution in [1.29, 1.82) is 0 Å². The van der Waals surface area contributed by atoms with Crippen LogP contribution in [0, 0.1) is 5.92 Å². The molecular weight excluding hydrogens is 188 g/mol. The van der Waals surface area contributed by atoms with Crippen LogP contribution >= 0.6 is 0 Å². The third-order valence-electron chi connectivity index (χ3n) is 3.26. The van der Waals surface area contributed by atoms with E-state index in [-0.39, 0.29) is 12.5 Å². The summed E-state index contributed by atoms with van der Waals surface area (Å²) in [5.74, 6) is 0.862. The van der Waals surface area contributed by atoms with E-state index >= 15 is 0 Å². The molecule has 0 saturated carbocycles. The molecule has 1 aromatic rings. The minimum Gasteiger partial charge on any atom is -0.396 e. The minimum absolute atomic E-state index is 0.233. The summed E-state index contributed by atoms with van der Waals surface area (Å²) >= 11 is 0. The van der Waals surface area contributed by atoms with E-state index in [0.29, 0.717) is 5.92 Å². The van der Waals surface area contributed by atoms with Crippen LogP contribution in [0.25, 0.3) is 0 Å². The molecule has 0 amide bonds. The van der Waals surface area contributed by atoms with Gasteiger partial charge < -0.3 is 10.4 Å². The van der Waals surface area contributed by atoms with E-state index < -0.39 is 0 Å². The molecule has 1 atom stereocenters. The van der Waals surface area contributed by atoms with Gasteiger partial charge in [0.25, 0.3) is 0 Å². The lowest BCUT2D eigenvalue weighted by Crippen LogP contribution is -2.32. The molecule has 2 heterocycles. The summed E-state index contributed by atoms with van der Waals surface area (Å²) in [6.45, 7) is 2.37. The molecule has 1 saturated heterocycles. The summed E-state index contributed by atoms with van der Waals surface area (Å²) in [7, 11) is 0. The predicted octanol–water partition coefficient (Wildman–Crippen LogP) is 1.16. The SMILES string of the molecule is OCC(c1cccnc1)C1CCNCC1. The molecule has 82 valence electrons. The van der Waals surface area contributed by atoms with E-state index in [4.69, 9.17) is 0 Å². The molecule has 1 aliphatic heterocycles. The van der Waals surface area contributed by atoms with Crippen LogP contribution in [0.5, 0.6) is 0 Å². The van der Waals surface area contributed by atoms with Gasteiger partial charge >= 0.3 is 0 Å². The number of aliphatic hydroxyl groups is 1. The normalized spacial score (nSPS) is 20.1. The number of aliphatic hydroxyl groups excluding tert-OH is 1. The minimum atomic E-state index is 0.233. The zero-order valence-corrected chi connectivity index (χ0v) is 8.89. The van der Waals surface area contributed by atoms with Crippen LogP contribution in [0.15, 0.2) is 24.5 Å². The van der Waals surface area contributed by atoms with Crippen LogP contribution < -0.4 is 5.32 Å². The Kier molecular flexibility index (Phi) is 3.69. The maximum Gasteiger partial charge on any atom is 0.0502 e. The number of aromatic nitrogens is 1. The Hall–Kier alpha value is -0.930. The molecule has 0 bridgehead atoms. The van der Waals surface area contributed by atoms with E-state index in [2.05, 4.69) is 16.4 Å². The van der Waals surface area contributed by atoms with Gasteiger partial charge in [0.2, 0.25) is 0 Å². The topological polar surface area (TPSA) is 45.2 Å². The van der Waals surface area contributed by atoms with Crippen molar-refractivity contribution in [3.05, 3.63) is 30.1 Å². The number of piperidine rings is 1. The summed E-state index contributed by atoms with van der Waals surface area (Å²) in [5.41, 5.74) is 1.17. The molecule has 1 aliphatic rings. The molecule has 1 aromatic heterocycles. The second kappa shape index (κ2) is 5.24. The quantitative estimate of drug-likeness (QED) is 0.780. The molecule has 2 N–H and O–H groups in total. The smallest absolute Gasteiger partial charge is 0.0502 e. The largest absolute Gasteiger partial charge is 0.396 e. The van der Waals surface area contributed by atoms with E-state index in [9.17, 15) is 5.11 Å². The van der Waals surface area contributed by atoms with Crippen molar-refractivity contribution in [2.45, 2.75) is 18.8 Å². The highest BCUT2D eigenvalue weighted by Crippen LogP contribution is 2.29. The number of nitrogens with one attached hydrogen (secondary N) is 1. The number of hydrogen-bond acceptors (Lipinski definition) is 3. The summed E-state index contributed by atoms with van der Waals surface area (Å²) in [5, 5.41) is 12.8. The van der Waals surface area contributed by atoms with Gasteiger partial charge in [0.1, 0.15) is 0 Å². The van der Waals surface area contributed by atoms with Crippen molar-refractivity contribution in [2.75, 3.05) is 19.7 Å². The van der Waals surface area contributed by atoms with E-state index in [1.54, 1.807) is 6.20 Å². The lowest BCUT2D eigenvalue weighted by Gasteiger charge is -2.29. The highest BCUT2D eigenvalue weighted by atomic mass is 16.3. The van der Waals surface area contributed by atoms with Gasteiger partial charge in [-0.25, -0.2) is 0 Å². The van der Waals surface area contributed by atoms with Crippen molar-refractivity contribution in [2.24, 2.45) is 5.92 Å². The Balaban J connectivity index is 2.09. The zero-order valence-electron chi connectivity index (χ0n) is 8.89. The van der Waals surface area contributed by atoms with Crippen LogP contribution in [0.4, 0.5) is 0 Å². The molecular formula is C12H18N2O. The van der Waals surface area contributed by atoms with Crippen molar-refractivity contribution in [3.8, 4) is 0 Å². The Morgan fingerprint density at radius 3 is 2.87 bits per heavy atom. The molecule has 2 rings (SSSR count). The van der Waals surface area contributed by atoms with Gasteiger partial charge in [0.05, 0.1) is 6.61 Å². The summed E-state index contributed by atoms with van der Waals surface area (Å²) in [6, 6.07) is 4.01. The fraction of sp³-hybridized carbons (Fsp3) is 0.583. The summed E-state index contributed by atoms with van der Waals surface area (Å²) in [6.07, 6.45) is 5.96. The lowest BCUT2D eigenvalue weighted by atomic mass is 9.81. The Bertz CT molecular complexity index is 283. The first kappa shape index (κ1) is 10.6. The zero-order chi connectivity index (χ0) is 10.5. The first-order chi connectivity index (χ1) is 7.42. The van der Waals surface area contributed by atoms with Gasteiger partial charge in [0, 0.05) is 18.3 Å². The molecule has 3 heteroatoms. The van der Waals surface area contributed by atoms with Crippen LogP contribution in [0.2, 0.25) is 0 Å². The third-order valence-corrected chi connectivity index (χ3v) is 3.26. The monoisotopic (exact) mass is 206 g/mol. The van der Waals surface area contributed by atoms with E-state index in [0.717, 1.165) is 25.9 Å². The maximum atomic E-state index is 9.48. The van der Waals surface area contributed by atoms with Gasteiger partial charge in [0.15, 0.2) is 0 Å². The van der Waals surface area contributed by atoms with Crippen molar-refractivity contribution >= 4 is 0 Å². The predicted molar refractivity (Wildman–Crippen MR) is 59.7 cm³/mol. The summed E-state index contributed by atoms with van der Waals surface area (Å²) in [4.78, 5) is 4.12. The van der Waals surface area contributed by atoms with Crippen molar-refractivity contribution in [3.63, 3.8) is 0 Å². The fourth-order valence-electron chi connectivity index (χ4n) is 2.37. The molecule has 0 aromatic carbocycles. The molecule has 15 heavy (non-hydrogen) atoms. The van der Waals surface area contributed by atoms with Gasteiger partial charge in [-0.3, -0.25) is 4.98 Å². The number of nitrogens with zero attached hydrogens (tertiary/aromatic N) is 1. The second-order valence-electron chi connectivity index (χ2n) is 4.16. The number of hydrogen-bond donors (Lipinski definition) is 2. The highest BCUT2D eigenvalue weighted by Gasteiger charge is 2.24. The fourth-order valence-corrected chi connectivity index (χ4v) is 2.37. The first-order valence-electron chi connectivity index (χ1n) is 5.63. The van der Waals surface area contributed by atoms with Gasteiger partial charge in [-0.1, -0.05) is 6.07 Å². The first-order valence-corrected chi connectivity index (χ1v) is 5.63. The molecule has 1 unspecified atom stereocenters. The maximum absolute atomic E-state index is 9.48. The van der Waals surface area contributed by atoms with Crippen LogP contribution in [-0.4, -0.2) is 29.8 Å². The molecule has 1 fully saturated rings.